The number of hydrogen-bond acceptors (Lipinski definition) is 5. The second-order valence-corrected chi connectivity index (χ2v) is 9.57. The van der Waals surface area contributed by atoms with Crippen LogP contribution in [-0.4, -0.2) is 42.5 Å². The number of hydrogen-bond donors (Lipinski definition) is 1. The Kier molecular flexibility index (Phi) is 6.40. The summed E-state index contributed by atoms with van der Waals surface area (Å²) in [5, 5.41) is 2.86. The summed E-state index contributed by atoms with van der Waals surface area (Å²) in [7, 11) is -1.15. The molecule has 8 nitrogen and oxygen atoms in total. The summed E-state index contributed by atoms with van der Waals surface area (Å²) < 4.78 is 27.6. The highest BCUT2D eigenvalue weighted by molar-refractivity contribution is 7.89. The van der Waals surface area contributed by atoms with Crippen molar-refractivity contribution in [3.8, 4) is 11.4 Å². The largest absolute Gasteiger partial charge is 0.327 e. The predicted molar refractivity (Wildman–Crippen MR) is 122 cm³/mol. The van der Waals surface area contributed by atoms with Gasteiger partial charge in [0.15, 0.2) is 0 Å². The lowest BCUT2D eigenvalue weighted by atomic mass is 10.1. The predicted octanol–water partition coefficient (Wildman–Crippen LogP) is 3.71. The fourth-order valence-electron chi connectivity index (χ4n) is 3.86. The molecule has 2 aromatic carbocycles. The van der Waals surface area contributed by atoms with Gasteiger partial charge in [-0.2, -0.15) is 0 Å². The smallest absolute Gasteiger partial charge is 0.276 e. The molecule has 0 unspecified atom stereocenters. The maximum absolute atomic E-state index is 13.1. The first-order chi connectivity index (χ1) is 15.4. The summed E-state index contributed by atoms with van der Waals surface area (Å²) in [6.45, 7) is 0.833. The van der Waals surface area contributed by atoms with Crippen molar-refractivity contribution in [3.05, 3.63) is 66.0 Å². The third-order valence-electron chi connectivity index (χ3n) is 5.62. The Morgan fingerprint density at radius 2 is 1.78 bits per heavy atom. The molecule has 3 aromatic rings. The van der Waals surface area contributed by atoms with E-state index in [0.717, 1.165) is 53.8 Å². The van der Waals surface area contributed by atoms with Crippen LogP contribution in [0.15, 0.2) is 59.5 Å². The number of carbonyl (C=O) groups excluding carboxylic acids is 1. The molecule has 0 saturated carbocycles. The van der Waals surface area contributed by atoms with E-state index in [9.17, 15) is 13.2 Å². The molecule has 0 fully saturated rings. The highest BCUT2D eigenvalue weighted by Crippen LogP contribution is 2.28. The number of sulfonamides is 1. The van der Waals surface area contributed by atoms with Gasteiger partial charge in [0.25, 0.3) is 15.9 Å². The molecule has 1 aliphatic heterocycles. The SMILES string of the molecule is CON(C)S(=O)(=O)c1ccc(NC(=O)c2nc(-c3ccccc3)n3c2CCCCC3)cc1. The molecule has 32 heavy (non-hydrogen) atoms. The summed E-state index contributed by atoms with van der Waals surface area (Å²) >= 11 is 0. The highest BCUT2D eigenvalue weighted by atomic mass is 32.2. The molecule has 168 valence electrons. The molecule has 0 spiro atoms. The van der Waals surface area contributed by atoms with Crippen molar-refractivity contribution in [2.45, 2.75) is 37.1 Å². The lowest BCUT2D eigenvalue weighted by molar-refractivity contribution is -0.0258. The number of aromatic nitrogens is 2. The number of carbonyl (C=O) groups is 1. The Morgan fingerprint density at radius 1 is 1.06 bits per heavy atom. The summed E-state index contributed by atoms with van der Waals surface area (Å²) in [5.41, 5.74) is 2.83. The van der Waals surface area contributed by atoms with Crippen molar-refractivity contribution in [2.75, 3.05) is 19.5 Å². The van der Waals surface area contributed by atoms with Crippen LogP contribution in [-0.2, 0) is 27.8 Å². The summed E-state index contributed by atoms with van der Waals surface area (Å²) in [6, 6.07) is 15.9. The molecule has 2 heterocycles. The van der Waals surface area contributed by atoms with E-state index in [1.54, 1.807) is 12.1 Å². The van der Waals surface area contributed by atoms with Gasteiger partial charge >= 0.3 is 0 Å². The zero-order valence-corrected chi connectivity index (χ0v) is 18.9. The monoisotopic (exact) mass is 454 g/mol. The van der Waals surface area contributed by atoms with Crippen molar-refractivity contribution in [3.63, 3.8) is 0 Å². The van der Waals surface area contributed by atoms with E-state index < -0.39 is 10.0 Å². The normalized spacial score (nSPS) is 14.1. The Hall–Kier alpha value is -3.01. The zero-order valence-electron chi connectivity index (χ0n) is 18.1. The summed E-state index contributed by atoms with van der Waals surface area (Å²) in [6.07, 6.45) is 3.97. The van der Waals surface area contributed by atoms with Crippen molar-refractivity contribution in [1.29, 1.82) is 0 Å². The van der Waals surface area contributed by atoms with E-state index in [0.29, 0.717) is 11.4 Å². The third-order valence-corrected chi connectivity index (χ3v) is 7.31. The van der Waals surface area contributed by atoms with Gasteiger partial charge in [0, 0.05) is 24.8 Å². The first-order valence-corrected chi connectivity index (χ1v) is 11.9. The number of benzene rings is 2. The molecule has 0 radical (unpaired) electrons. The van der Waals surface area contributed by atoms with Gasteiger partial charge in [0.1, 0.15) is 11.5 Å². The number of nitrogens with zero attached hydrogens (tertiary/aromatic N) is 3. The molecule has 4 rings (SSSR count). The molecule has 1 aromatic heterocycles. The Morgan fingerprint density at radius 3 is 2.47 bits per heavy atom. The van der Waals surface area contributed by atoms with Crippen LogP contribution in [0.4, 0.5) is 5.69 Å². The second kappa shape index (κ2) is 9.23. The van der Waals surface area contributed by atoms with Crippen LogP contribution in [0, 0.1) is 0 Å². The molecule has 0 aliphatic carbocycles. The number of fused-ring (bicyclic) bond motifs is 1. The lowest BCUT2D eigenvalue weighted by Gasteiger charge is -2.14. The first kappa shape index (κ1) is 22.2. The highest BCUT2D eigenvalue weighted by Gasteiger charge is 2.25. The van der Waals surface area contributed by atoms with Crippen molar-refractivity contribution in [2.24, 2.45) is 0 Å². The van der Waals surface area contributed by atoms with Crippen LogP contribution in [0.2, 0.25) is 0 Å². The average Bonchev–Trinajstić information content (AvgIpc) is 3.00. The molecule has 0 saturated heterocycles. The number of nitrogens with one attached hydrogen (secondary N) is 1. The molecule has 1 aliphatic rings. The van der Waals surface area contributed by atoms with Gasteiger partial charge in [-0.3, -0.25) is 9.63 Å². The van der Waals surface area contributed by atoms with E-state index in [1.807, 2.05) is 30.3 Å². The zero-order chi connectivity index (χ0) is 22.7. The van der Waals surface area contributed by atoms with E-state index in [4.69, 9.17) is 9.82 Å². The van der Waals surface area contributed by atoms with Gasteiger partial charge in [0.2, 0.25) is 0 Å². The number of amides is 1. The van der Waals surface area contributed by atoms with Gasteiger partial charge in [-0.15, -0.1) is 0 Å². The second-order valence-electron chi connectivity index (χ2n) is 7.63. The molecule has 0 atom stereocenters. The summed E-state index contributed by atoms with van der Waals surface area (Å²) in [4.78, 5) is 22.7. The Bertz CT molecular complexity index is 1200. The quantitative estimate of drug-likeness (QED) is 0.573. The molecule has 0 bridgehead atoms. The van der Waals surface area contributed by atoms with Crippen LogP contribution < -0.4 is 5.32 Å². The van der Waals surface area contributed by atoms with Gasteiger partial charge in [0.05, 0.1) is 17.7 Å². The molecular formula is C23H26N4O4S. The number of anilines is 1. The Balaban J connectivity index is 1.62. The minimum Gasteiger partial charge on any atom is -0.327 e. The fraction of sp³-hybridized carbons (Fsp3) is 0.304. The maximum atomic E-state index is 13.1. The van der Waals surface area contributed by atoms with Crippen LogP contribution in [0.5, 0.6) is 0 Å². The van der Waals surface area contributed by atoms with E-state index >= 15 is 0 Å². The van der Waals surface area contributed by atoms with Crippen LogP contribution in [0.3, 0.4) is 0 Å². The first-order valence-electron chi connectivity index (χ1n) is 10.5. The molecular weight excluding hydrogens is 428 g/mol. The third kappa shape index (κ3) is 4.32. The van der Waals surface area contributed by atoms with Gasteiger partial charge in [-0.05, 0) is 43.5 Å². The van der Waals surface area contributed by atoms with Crippen LogP contribution in [0.1, 0.15) is 35.4 Å². The molecule has 1 N–H and O–H groups in total. The molecule has 1 amide bonds. The Labute approximate surface area is 187 Å². The number of imidazole rings is 1. The van der Waals surface area contributed by atoms with E-state index in [-0.39, 0.29) is 10.8 Å². The molecule has 9 heteroatoms. The minimum atomic E-state index is -3.75. The van der Waals surface area contributed by atoms with Crippen molar-refractivity contribution < 1.29 is 18.0 Å². The lowest BCUT2D eigenvalue weighted by Crippen LogP contribution is -2.25. The van der Waals surface area contributed by atoms with E-state index in [1.165, 1.54) is 26.3 Å². The topological polar surface area (TPSA) is 93.5 Å². The number of hydroxylamine groups is 1. The van der Waals surface area contributed by atoms with Gasteiger partial charge in [-0.25, -0.2) is 13.4 Å². The summed E-state index contributed by atoms with van der Waals surface area (Å²) in [5.74, 6) is 0.499. The number of rotatable bonds is 6. The standard InChI is InChI=1S/C23H26N4O4S/c1-26(31-2)32(29,30)19-14-12-18(13-15-19)24-23(28)21-20-11-7-4-8-16-27(20)22(25-21)17-9-5-3-6-10-17/h3,5-6,9-10,12-15H,4,7-8,11,16H2,1-2H3,(H,24,28). The van der Waals surface area contributed by atoms with Crippen molar-refractivity contribution in [1.82, 2.24) is 14.0 Å². The fourth-order valence-corrected chi connectivity index (χ4v) is 4.83. The van der Waals surface area contributed by atoms with Gasteiger partial charge in [-0.1, -0.05) is 41.2 Å². The average molecular weight is 455 g/mol. The van der Waals surface area contributed by atoms with Crippen LogP contribution >= 0.6 is 0 Å². The van der Waals surface area contributed by atoms with Gasteiger partial charge < -0.3 is 9.88 Å². The maximum Gasteiger partial charge on any atom is 0.276 e. The van der Waals surface area contributed by atoms with Crippen molar-refractivity contribution >= 4 is 21.6 Å². The minimum absolute atomic E-state index is 0.0714. The van der Waals surface area contributed by atoms with E-state index in [2.05, 4.69) is 9.88 Å². The van der Waals surface area contributed by atoms with Crippen LogP contribution in [0.25, 0.3) is 11.4 Å².